The van der Waals surface area contributed by atoms with Crippen molar-refractivity contribution in [1.29, 1.82) is 0 Å². The highest BCUT2D eigenvalue weighted by Crippen LogP contribution is 2.35. The second-order valence-electron chi connectivity index (χ2n) is 7.40. The number of aromatic nitrogens is 4. The monoisotopic (exact) mass is 340 g/mol. The number of ether oxygens (including phenoxy) is 1. The molecule has 132 valence electrons. The summed E-state index contributed by atoms with van der Waals surface area (Å²) in [6.07, 6.45) is 2.71. The molecule has 2 atom stereocenters. The van der Waals surface area contributed by atoms with Crippen LogP contribution in [0, 0.1) is 0 Å². The Morgan fingerprint density at radius 3 is 2.80 bits per heavy atom. The van der Waals surface area contributed by atoms with Crippen molar-refractivity contribution in [3.63, 3.8) is 0 Å². The second kappa shape index (κ2) is 6.48. The molecule has 2 saturated heterocycles. The van der Waals surface area contributed by atoms with Crippen molar-refractivity contribution in [2.45, 2.75) is 44.1 Å². The van der Waals surface area contributed by atoms with Crippen molar-refractivity contribution >= 4 is 0 Å². The third-order valence-electron chi connectivity index (χ3n) is 5.54. The lowest BCUT2D eigenvalue weighted by Crippen LogP contribution is -2.50. The Hall–Kier alpha value is -1.83. The summed E-state index contributed by atoms with van der Waals surface area (Å²) >= 11 is 0. The molecule has 3 fully saturated rings. The number of rotatable bonds is 5. The lowest BCUT2D eigenvalue weighted by atomic mass is 10.1. The van der Waals surface area contributed by atoms with Crippen LogP contribution in [0.3, 0.4) is 0 Å². The summed E-state index contributed by atoms with van der Waals surface area (Å²) in [5.41, 5.74) is 1.37. The smallest absolute Gasteiger partial charge is 0.165 e. The van der Waals surface area contributed by atoms with E-state index in [4.69, 9.17) is 4.74 Å². The first-order chi connectivity index (χ1) is 12.4. The molecule has 0 radical (unpaired) electrons. The molecule has 0 bridgehead atoms. The molecular formula is C18H24N6O. The van der Waals surface area contributed by atoms with Gasteiger partial charge < -0.3 is 4.74 Å². The van der Waals surface area contributed by atoms with Crippen LogP contribution in [0.25, 0.3) is 0 Å². The van der Waals surface area contributed by atoms with E-state index in [2.05, 4.69) is 55.7 Å². The van der Waals surface area contributed by atoms with Gasteiger partial charge in [-0.2, -0.15) is 0 Å². The molecule has 1 aromatic heterocycles. The first kappa shape index (κ1) is 15.4. The third-order valence-corrected chi connectivity index (χ3v) is 5.54. The van der Waals surface area contributed by atoms with Crippen LogP contribution in [0.5, 0.6) is 0 Å². The minimum atomic E-state index is 0.294. The van der Waals surface area contributed by atoms with Crippen LogP contribution in [-0.4, -0.2) is 68.4 Å². The summed E-state index contributed by atoms with van der Waals surface area (Å²) < 4.78 is 8.09. The summed E-state index contributed by atoms with van der Waals surface area (Å²) in [4.78, 5) is 5.02. The fraction of sp³-hybridized carbons (Fsp3) is 0.611. The van der Waals surface area contributed by atoms with Gasteiger partial charge in [-0.25, -0.2) is 4.68 Å². The lowest BCUT2D eigenvalue weighted by molar-refractivity contribution is -0.0504. The molecule has 1 aliphatic carbocycles. The molecule has 3 aliphatic rings. The predicted molar refractivity (Wildman–Crippen MR) is 91.7 cm³/mol. The topological polar surface area (TPSA) is 59.3 Å². The number of fused-ring (bicyclic) bond motifs is 1. The van der Waals surface area contributed by atoms with Gasteiger partial charge in [0.2, 0.25) is 0 Å². The highest BCUT2D eigenvalue weighted by Gasteiger charge is 2.40. The molecule has 2 aromatic rings. The lowest BCUT2D eigenvalue weighted by Gasteiger charge is -2.37. The van der Waals surface area contributed by atoms with Gasteiger partial charge in [0.15, 0.2) is 5.82 Å². The van der Waals surface area contributed by atoms with E-state index in [0.29, 0.717) is 18.2 Å². The van der Waals surface area contributed by atoms with Gasteiger partial charge in [0, 0.05) is 26.2 Å². The molecule has 1 saturated carbocycles. The molecule has 7 nitrogen and oxygen atoms in total. The van der Waals surface area contributed by atoms with Gasteiger partial charge in [0.05, 0.1) is 31.3 Å². The summed E-state index contributed by atoms with van der Waals surface area (Å²) in [6.45, 7) is 5.63. The summed E-state index contributed by atoms with van der Waals surface area (Å²) in [5.74, 6) is 0.996. The van der Waals surface area contributed by atoms with Gasteiger partial charge in [-0.3, -0.25) is 9.80 Å². The van der Waals surface area contributed by atoms with E-state index in [1.54, 1.807) is 0 Å². The van der Waals surface area contributed by atoms with Crippen LogP contribution in [0.15, 0.2) is 30.3 Å². The van der Waals surface area contributed by atoms with Crippen LogP contribution in [0.1, 0.15) is 30.3 Å². The largest absolute Gasteiger partial charge is 0.374 e. The fourth-order valence-electron chi connectivity index (χ4n) is 4.10. The number of nitrogens with zero attached hydrogens (tertiary/aromatic N) is 6. The first-order valence-corrected chi connectivity index (χ1v) is 9.25. The molecule has 0 unspecified atom stereocenters. The van der Waals surface area contributed by atoms with Crippen molar-refractivity contribution in [1.82, 2.24) is 30.0 Å². The standard InChI is InChI=1S/C18H24N6O/c1-2-4-14(5-3-1)10-23-8-9-25-17-12-22(11-16(17)23)13-18-19-20-21-24(18)15-6-7-15/h1-5,15-17H,6-13H2/t16-,17+/m0/s1. The van der Waals surface area contributed by atoms with E-state index < -0.39 is 0 Å². The molecule has 5 rings (SSSR count). The number of likely N-dealkylation sites (tertiary alicyclic amines) is 1. The predicted octanol–water partition coefficient (Wildman–Crippen LogP) is 1.09. The molecule has 1 aromatic carbocycles. The quantitative estimate of drug-likeness (QED) is 0.812. The van der Waals surface area contributed by atoms with Gasteiger partial charge in [-0.1, -0.05) is 30.3 Å². The minimum Gasteiger partial charge on any atom is -0.374 e. The van der Waals surface area contributed by atoms with Gasteiger partial charge in [0.1, 0.15) is 0 Å². The van der Waals surface area contributed by atoms with Crippen LogP contribution >= 0.6 is 0 Å². The Balaban J connectivity index is 1.26. The van der Waals surface area contributed by atoms with E-state index in [-0.39, 0.29) is 0 Å². The zero-order chi connectivity index (χ0) is 16.6. The second-order valence-corrected chi connectivity index (χ2v) is 7.40. The van der Waals surface area contributed by atoms with Crippen molar-refractivity contribution in [2.75, 3.05) is 26.2 Å². The average molecular weight is 340 g/mol. The highest BCUT2D eigenvalue weighted by atomic mass is 16.5. The maximum Gasteiger partial charge on any atom is 0.165 e. The summed E-state index contributed by atoms with van der Waals surface area (Å²) in [7, 11) is 0. The molecule has 0 spiro atoms. The summed E-state index contributed by atoms with van der Waals surface area (Å²) in [6, 6.07) is 11.7. The summed E-state index contributed by atoms with van der Waals surface area (Å²) in [5, 5.41) is 12.3. The normalized spacial score (nSPS) is 27.5. The van der Waals surface area contributed by atoms with Gasteiger partial charge in [-0.05, 0) is 28.8 Å². The fourth-order valence-corrected chi connectivity index (χ4v) is 4.10. The molecular weight excluding hydrogens is 316 g/mol. The van der Waals surface area contributed by atoms with Crippen LogP contribution in [0.2, 0.25) is 0 Å². The maximum atomic E-state index is 6.07. The van der Waals surface area contributed by atoms with E-state index in [9.17, 15) is 0 Å². The zero-order valence-electron chi connectivity index (χ0n) is 14.4. The van der Waals surface area contributed by atoms with Crippen molar-refractivity contribution in [3.8, 4) is 0 Å². The maximum absolute atomic E-state index is 6.07. The van der Waals surface area contributed by atoms with Crippen LogP contribution in [0.4, 0.5) is 0 Å². The molecule has 0 N–H and O–H groups in total. The molecule has 0 amide bonds. The molecule has 25 heavy (non-hydrogen) atoms. The van der Waals surface area contributed by atoms with E-state index in [1.807, 2.05) is 4.68 Å². The number of morpholine rings is 1. The Kier molecular flexibility index (Phi) is 4.00. The van der Waals surface area contributed by atoms with Gasteiger partial charge >= 0.3 is 0 Å². The SMILES string of the molecule is c1ccc(CN2CCO[C@@H]3CN(Cc4nnnn4C4CC4)C[C@@H]32)cc1. The van der Waals surface area contributed by atoms with E-state index in [0.717, 1.165) is 45.2 Å². The molecule has 7 heteroatoms. The third kappa shape index (κ3) is 3.19. The number of hydrogen-bond acceptors (Lipinski definition) is 6. The minimum absolute atomic E-state index is 0.294. The van der Waals surface area contributed by atoms with E-state index in [1.165, 1.54) is 18.4 Å². The van der Waals surface area contributed by atoms with Crippen LogP contribution < -0.4 is 0 Å². The Bertz CT molecular complexity index is 715. The number of tetrazole rings is 1. The average Bonchev–Trinajstić information content (AvgIpc) is 3.23. The number of benzene rings is 1. The Labute approximate surface area is 147 Å². The van der Waals surface area contributed by atoms with E-state index >= 15 is 0 Å². The van der Waals surface area contributed by atoms with Crippen molar-refractivity contribution in [2.24, 2.45) is 0 Å². The Morgan fingerprint density at radius 1 is 1.08 bits per heavy atom. The molecule has 2 aliphatic heterocycles. The van der Waals surface area contributed by atoms with Crippen LogP contribution in [-0.2, 0) is 17.8 Å². The number of hydrogen-bond donors (Lipinski definition) is 0. The Morgan fingerprint density at radius 2 is 1.96 bits per heavy atom. The van der Waals surface area contributed by atoms with Gasteiger partial charge in [-0.15, -0.1) is 5.10 Å². The molecule has 3 heterocycles. The zero-order valence-corrected chi connectivity index (χ0v) is 14.4. The van der Waals surface area contributed by atoms with Gasteiger partial charge in [0.25, 0.3) is 0 Å². The first-order valence-electron chi connectivity index (χ1n) is 9.25. The van der Waals surface area contributed by atoms with Crippen molar-refractivity contribution in [3.05, 3.63) is 41.7 Å². The van der Waals surface area contributed by atoms with Crippen molar-refractivity contribution < 1.29 is 4.74 Å². The highest BCUT2D eigenvalue weighted by molar-refractivity contribution is 5.15.